The zero-order chi connectivity index (χ0) is 14.3. The molecule has 1 saturated heterocycles. The molecule has 0 radical (unpaired) electrons. The van der Waals surface area contributed by atoms with E-state index < -0.39 is 9.84 Å². The molecule has 1 fully saturated rings. The minimum atomic E-state index is -2.97. The third-order valence-corrected chi connectivity index (χ3v) is 5.39. The molecule has 1 aliphatic heterocycles. The lowest BCUT2D eigenvalue weighted by Gasteiger charge is -2.00. The first-order chi connectivity index (χ1) is 9.44. The second-order valence-electron chi connectivity index (χ2n) is 4.79. The molecule has 1 atom stereocenters. The molecule has 1 aromatic heterocycles. The first-order valence-corrected chi connectivity index (χ1v) is 8.24. The molecular formula is C12H12ClN3O3S. The van der Waals surface area contributed by atoms with Gasteiger partial charge in [-0.05, 0) is 24.6 Å². The average Bonchev–Trinajstić information content (AvgIpc) is 2.99. The van der Waals surface area contributed by atoms with Crippen molar-refractivity contribution < 1.29 is 12.9 Å². The normalized spacial score (nSPS) is 21.1. The van der Waals surface area contributed by atoms with E-state index >= 15 is 0 Å². The van der Waals surface area contributed by atoms with Gasteiger partial charge in [-0.3, -0.25) is 0 Å². The molecule has 2 aromatic rings. The summed E-state index contributed by atoms with van der Waals surface area (Å²) in [6.07, 6.45) is 0.532. The fraction of sp³-hybridized carbons (Fsp3) is 0.333. The lowest BCUT2D eigenvalue weighted by molar-refractivity contribution is 0.418. The highest BCUT2D eigenvalue weighted by Crippen LogP contribution is 2.30. The van der Waals surface area contributed by atoms with Crippen LogP contribution in [0.1, 0.15) is 18.2 Å². The number of rotatable bonds is 2. The highest BCUT2D eigenvalue weighted by Gasteiger charge is 2.32. The van der Waals surface area contributed by atoms with Crippen LogP contribution in [-0.4, -0.2) is 30.1 Å². The number of benzene rings is 1. The van der Waals surface area contributed by atoms with Crippen LogP contribution in [0.25, 0.3) is 11.5 Å². The number of halogens is 1. The van der Waals surface area contributed by atoms with Crippen LogP contribution in [0.15, 0.2) is 22.7 Å². The quantitative estimate of drug-likeness (QED) is 0.850. The number of hydrogen-bond donors (Lipinski definition) is 1. The summed E-state index contributed by atoms with van der Waals surface area (Å²) < 4.78 is 28.1. The summed E-state index contributed by atoms with van der Waals surface area (Å²) in [4.78, 5) is 4.26. The van der Waals surface area contributed by atoms with Crippen molar-refractivity contribution in [2.75, 3.05) is 17.2 Å². The maximum absolute atomic E-state index is 11.5. The third-order valence-electron chi connectivity index (χ3n) is 3.28. The second-order valence-corrected chi connectivity index (χ2v) is 7.43. The van der Waals surface area contributed by atoms with Gasteiger partial charge in [0.15, 0.2) is 15.7 Å². The van der Waals surface area contributed by atoms with Gasteiger partial charge >= 0.3 is 0 Å². The molecule has 2 heterocycles. The first kappa shape index (κ1) is 13.4. The molecule has 0 amide bonds. The number of hydrogen-bond acceptors (Lipinski definition) is 6. The molecule has 6 nitrogen and oxygen atoms in total. The SMILES string of the molecule is Nc1cc(-c2nc(C3CCS(=O)(=O)C3)no2)ccc1Cl. The minimum absolute atomic E-state index is 0.0781. The van der Waals surface area contributed by atoms with Gasteiger partial charge in [-0.2, -0.15) is 4.98 Å². The van der Waals surface area contributed by atoms with E-state index in [1.54, 1.807) is 18.2 Å². The van der Waals surface area contributed by atoms with Crippen molar-refractivity contribution in [3.63, 3.8) is 0 Å². The summed E-state index contributed by atoms with van der Waals surface area (Å²) in [5, 5.41) is 4.32. The molecule has 1 aromatic carbocycles. The van der Waals surface area contributed by atoms with E-state index in [1.165, 1.54) is 0 Å². The number of nitrogen functional groups attached to an aromatic ring is 1. The molecule has 0 saturated carbocycles. The van der Waals surface area contributed by atoms with E-state index in [0.717, 1.165) is 0 Å². The molecule has 0 aliphatic carbocycles. The Labute approximate surface area is 120 Å². The fourth-order valence-electron chi connectivity index (χ4n) is 2.19. The highest BCUT2D eigenvalue weighted by atomic mass is 35.5. The van der Waals surface area contributed by atoms with Crippen LogP contribution in [0.3, 0.4) is 0 Å². The zero-order valence-corrected chi connectivity index (χ0v) is 12.0. The van der Waals surface area contributed by atoms with Crippen LogP contribution in [0.4, 0.5) is 5.69 Å². The molecule has 1 aliphatic rings. The van der Waals surface area contributed by atoms with E-state index in [2.05, 4.69) is 10.1 Å². The van der Waals surface area contributed by atoms with Gasteiger partial charge in [-0.15, -0.1) is 0 Å². The van der Waals surface area contributed by atoms with Crippen molar-refractivity contribution >= 4 is 27.1 Å². The number of nitrogens with two attached hydrogens (primary N) is 1. The zero-order valence-electron chi connectivity index (χ0n) is 10.4. The lowest BCUT2D eigenvalue weighted by atomic mass is 10.1. The van der Waals surface area contributed by atoms with E-state index in [1.807, 2.05) is 0 Å². The summed E-state index contributed by atoms with van der Waals surface area (Å²) in [6, 6.07) is 5.02. The monoisotopic (exact) mass is 313 g/mol. The van der Waals surface area contributed by atoms with Crippen LogP contribution in [-0.2, 0) is 9.84 Å². The molecular weight excluding hydrogens is 302 g/mol. The van der Waals surface area contributed by atoms with Gasteiger partial charge in [0.2, 0.25) is 0 Å². The molecule has 20 heavy (non-hydrogen) atoms. The average molecular weight is 314 g/mol. The Bertz CT molecular complexity index is 757. The summed E-state index contributed by atoms with van der Waals surface area (Å²) in [6.45, 7) is 0. The summed E-state index contributed by atoms with van der Waals surface area (Å²) >= 11 is 5.85. The molecule has 8 heteroatoms. The standard InChI is InChI=1S/C12H12ClN3O3S/c13-9-2-1-7(5-10(9)14)12-15-11(16-19-12)8-3-4-20(17,18)6-8/h1-2,5,8H,3-4,6,14H2. The van der Waals surface area contributed by atoms with Crippen molar-refractivity contribution in [2.45, 2.75) is 12.3 Å². The molecule has 2 N–H and O–H groups in total. The highest BCUT2D eigenvalue weighted by molar-refractivity contribution is 7.91. The summed E-state index contributed by atoms with van der Waals surface area (Å²) in [5.74, 6) is 0.800. The minimum Gasteiger partial charge on any atom is -0.398 e. The maximum atomic E-state index is 11.5. The van der Waals surface area contributed by atoms with Crippen molar-refractivity contribution in [3.05, 3.63) is 29.0 Å². The van der Waals surface area contributed by atoms with Gasteiger partial charge in [0.05, 0.1) is 22.2 Å². The number of nitrogens with zero attached hydrogens (tertiary/aromatic N) is 2. The molecule has 106 valence electrons. The first-order valence-electron chi connectivity index (χ1n) is 6.04. The van der Waals surface area contributed by atoms with Crippen molar-refractivity contribution in [3.8, 4) is 11.5 Å². The van der Waals surface area contributed by atoms with Crippen molar-refractivity contribution in [1.82, 2.24) is 10.1 Å². The smallest absolute Gasteiger partial charge is 0.258 e. The molecule has 1 unspecified atom stereocenters. The topological polar surface area (TPSA) is 99.1 Å². The molecule has 0 spiro atoms. The van der Waals surface area contributed by atoms with Crippen LogP contribution < -0.4 is 5.73 Å². The summed E-state index contributed by atoms with van der Waals surface area (Å²) in [5.41, 5.74) is 6.80. The van der Waals surface area contributed by atoms with Crippen molar-refractivity contribution in [2.24, 2.45) is 0 Å². The van der Waals surface area contributed by atoms with Gasteiger partial charge in [0, 0.05) is 11.5 Å². The molecule has 3 rings (SSSR count). The van der Waals surface area contributed by atoms with Crippen molar-refractivity contribution in [1.29, 1.82) is 0 Å². The predicted molar refractivity (Wildman–Crippen MR) is 75.2 cm³/mol. The summed E-state index contributed by atoms with van der Waals surface area (Å²) in [7, 11) is -2.97. The predicted octanol–water partition coefficient (Wildman–Crippen LogP) is 1.87. The maximum Gasteiger partial charge on any atom is 0.258 e. The number of sulfone groups is 1. The largest absolute Gasteiger partial charge is 0.398 e. The van der Waals surface area contributed by atoms with Crippen LogP contribution in [0.5, 0.6) is 0 Å². The van der Waals surface area contributed by atoms with E-state index in [0.29, 0.717) is 34.4 Å². The Hall–Kier alpha value is -1.60. The van der Waals surface area contributed by atoms with Crippen LogP contribution in [0, 0.1) is 0 Å². The Kier molecular flexibility index (Phi) is 3.18. The van der Waals surface area contributed by atoms with E-state index in [4.69, 9.17) is 21.9 Å². The van der Waals surface area contributed by atoms with Crippen LogP contribution >= 0.6 is 11.6 Å². The van der Waals surface area contributed by atoms with Gasteiger partial charge in [0.1, 0.15) is 0 Å². The third kappa shape index (κ3) is 2.51. The van der Waals surface area contributed by atoms with Gasteiger partial charge < -0.3 is 10.3 Å². The van der Waals surface area contributed by atoms with Gasteiger partial charge in [0.25, 0.3) is 5.89 Å². The van der Waals surface area contributed by atoms with E-state index in [-0.39, 0.29) is 17.4 Å². The lowest BCUT2D eigenvalue weighted by Crippen LogP contribution is -2.05. The van der Waals surface area contributed by atoms with E-state index in [9.17, 15) is 8.42 Å². The second kappa shape index (κ2) is 4.75. The van der Waals surface area contributed by atoms with Gasteiger partial charge in [-0.1, -0.05) is 16.8 Å². The Balaban J connectivity index is 1.89. The number of anilines is 1. The Morgan fingerprint density at radius 2 is 2.20 bits per heavy atom. The Morgan fingerprint density at radius 1 is 1.40 bits per heavy atom. The van der Waals surface area contributed by atoms with Crippen LogP contribution in [0.2, 0.25) is 5.02 Å². The number of aromatic nitrogens is 2. The Morgan fingerprint density at radius 3 is 2.85 bits per heavy atom. The van der Waals surface area contributed by atoms with Gasteiger partial charge in [-0.25, -0.2) is 8.42 Å². The molecule has 0 bridgehead atoms. The fourth-order valence-corrected chi connectivity index (χ4v) is 4.05.